The van der Waals surface area contributed by atoms with Gasteiger partial charge >= 0.3 is 0 Å². The molecule has 0 aliphatic rings. The molecule has 0 heterocycles. The summed E-state index contributed by atoms with van der Waals surface area (Å²) in [6.45, 7) is 2.81. The van der Waals surface area contributed by atoms with Gasteiger partial charge in [0.15, 0.2) is 6.61 Å². The summed E-state index contributed by atoms with van der Waals surface area (Å²) in [5, 5.41) is 3.67. The van der Waals surface area contributed by atoms with Crippen molar-refractivity contribution in [1.29, 1.82) is 0 Å². The molecule has 0 aromatic heterocycles. The zero-order chi connectivity index (χ0) is 16.7. The molecule has 0 aliphatic heterocycles. The second-order valence-electron chi connectivity index (χ2n) is 4.72. The van der Waals surface area contributed by atoms with Gasteiger partial charge in [-0.05, 0) is 42.8 Å². The van der Waals surface area contributed by atoms with Crippen LogP contribution < -0.4 is 14.8 Å². The first-order chi connectivity index (χ1) is 11.1. The lowest BCUT2D eigenvalue weighted by Gasteiger charge is -2.10. The highest BCUT2D eigenvalue weighted by atomic mass is 35.5. The van der Waals surface area contributed by atoms with Crippen LogP contribution in [-0.4, -0.2) is 19.1 Å². The molecule has 6 heteroatoms. The molecule has 0 bridgehead atoms. The van der Waals surface area contributed by atoms with Crippen molar-refractivity contribution in [3.8, 4) is 11.5 Å². The highest BCUT2D eigenvalue weighted by Gasteiger charge is 2.07. The minimum absolute atomic E-state index is 0.119. The zero-order valence-electron chi connectivity index (χ0n) is 12.6. The number of hydrogen-bond donors (Lipinski definition) is 1. The number of hydrogen-bond acceptors (Lipinski definition) is 3. The van der Waals surface area contributed by atoms with E-state index >= 15 is 0 Å². The molecule has 2 aromatic rings. The second-order valence-corrected chi connectivity index (χ2v) is 5.56. The van der Waals surface area contributed by atoms with Crippen LogP contribution in [0.4, 0.5) is 0 Å². The Bertz CT molecular complexity index is 677. The number of halogens is 2. The summed E-state index contributed by atoms with van der Waals surface area (Å²) < 4.78 is 10.8. The summed E-state index contributed by atoms with van der Waals surface area (Å²) in [5.41, 5.74) is 0.953. The van der Waals surface area contributed by atoms with E-state index in [-0.39, 0.29) is 12.5 Å². The van der Waals surface area contributed by atoms with Gasteiger partial charge in [0.25, 0.3) is 5.91 Å². The average Bonchev–Trinajstić information content (AvgIpc) is 2.53. The molecule has 0 atom stereocenters. The first kappa shape index (κ1) is 17.4. The molecule has 0 unspecified atom stereocenters. The number of carbonyl (C=O) groups excluding carboxylic acids is 1. The van der Waals surface area contributed by atoms with Gasteiger partial charge in [0.2, 0.25) is 0 Å². The number of ether oxygens (including phenoxy) is 2. The Morgan fingerprint density at radius 1 is 1.13 bits per heavy atom. The van der Waals surface area contributed by atoms with Crippen molar-refractivity contribution in [2.45, 2.75) is 13.5 Å². The zero-order valence-corrected chi connectivity index (χ0v) is 14.2. The number of carbonyl (C=O) groups is 1. The molecule has 4 nitrogen and oxygen atoms in total. The largest absolute Gasteiger partial charge is 0.494 e. The summed E-state index contributed by atoms with van der Waals surface area (Å²) in [5.74, 6) is 0.964. The highest BCUT2D eigenvalue weighted by molar-refractivity contribution is 6.35. The van der Waals surface area contributed by atoms with Crippen LogP contribution in [0.15, 0.2) is 42.5 Å². The third-order valence-corrected chi connectivity index (χ3v) is 3.48. The van der Waals surface area contributed by atoms with Crippen molar-refractivity contribution in [3.63, 3.8) is 0 Å². The first-order valence-corrected chi connectivity index (χ1v) is 7.90. The number of rotatable bonds is 7. The Balaban J connectivity index is 1.82. The summed E-state index contributed by atoms with van der Waals surface area (Å²) >= 11 is 11.8. The van der Waals surface area contributed by atoms with Crippen molar-refractivity contribution in [3.05, 3.63) is 58.1 Å². The van der Waals surface area contributed by atoms with Gasteiger partial charge in [-0.2, -0.15) is 0 Å². The first-order valence-electron chi connectivity index (χ1n) is 7.14. The quantitative estimate of drug-likeness (QED) is 0.815. The fourth-order valence-electron chi connectivity index (χ4n) is 1.90. The lowest BCUT2D eigenvalue weighted by molar-refractivity contribution is -0.123. The van der Waals surface area contributed by atoms with Crippen LogP contribution in [0.3, 0.4) is 0 Å². The van der Waals surface area contributed by atoms with Crippen LogP contribution in [0.1, 0.15) is 12.5 Å². The molecule has 0 spiro atoms. The maximum Gasteiger partial charge on any atom is 0.258 e. The van der Waals surface area contributed by atoms with E-state index in [0.29, 0.717) is 28.9 Å². The third kappa shape index (κ3) is 5.66. The van der Waals surface area contributed by atoms with Crippen molar-refractivity contribution < 1.29 is 14.3 Å². The SMILES string of the molecule is CCOc1cccc(CNC(=O)COc2ccc(Cl)cc2Cl)c1. The van der Waals surface area contributed by atoms with E-state index in [2.05, 4.69) is 5.32 Å². The summed E-state index contributed by atoms with van der Waals surface area (Å²) in [4.78, 5) is 11.8. The highest BCUT2D eigenvalue weighted by Crippen LogP contribution is 2.27. The van der Waals surface area contributed by atoms with E-state index in [0.717, 1.165) is 11.3 Å². The molecule has 0 saturated carbocycles. The number of nitrogens with one attached hydrogen (secondary N) is 1. The molecule has 0 radical (unpaired) electrons. The molecular formula is C17H17Cl2NO3. The molecule has 0 aliphatic carbocycles. The Labute approximate surface area is 145 Å². The lowest BCUT2D eigenvalue weighted by atomic mass is 10.2. The predicted octanol–water partition coefficient (Wildman–Crippen LogP) is 4.09. The molecule has 23 heavy (non-hydrogen) atoms. The minimum atomic E-state index is -0.238. The fourth-order valence-corrected chi connectivity index (χ4v) is 2.36. The van der Waals surface area contributed by atoms with Crippen LogP contribution in [0, 0.1) is 0 Å². The van der Waals surface area contributed by atoms with E-state index in [9.17, 15) is 4.79 Å². The van der Waals surface area contributed by atoms with E-state index in [1.807, 2.05) is 31.2 Å². The predicted molar refractivity (Wildman–Crippen MR) is 91.4 cm³/mol. The molecular weight excluding hydrogens is 337 g/mol. The van der Waals surface area contributed by atoms with Crippen molar-refractivity contribution >= 4 is 29.1 Å². The van der Waals surface area contributed by atoms with Gasteiger partial charge in [-0.25, -0.2) is 0 Å². The van der Waals surface area contributed by atoms with Crippen molar-refractivity contribution in [2.24, 2.45) is 0 Å². The van der Waals surface area contributed by atoms with E-state index in [1.165, 1.54) is 0 Å². The van der Waals surface area contributed by atoms with Crippen LogP contribution in [0.2, 0.25) is 10.0 Å². The standard InChI is InChI=1S/C17H17Cl2NO3/c1-2-22-14-5-3-4-12(8-14)10-20-17(21)11-23-16-7-6-13(18)9-15(16)19/h3-9H,2,10-11H2,1H3,(H,20,21). The van der Waals surface area contributed by atoms with Gasteiger partial charge in [0.05, 0.1) is 11.6 Å². The summed E-state index contributed by atoms with van der Waals surface area (Å²) in [7, 11) is 0. The Morgan fingerprint density at radius 3 is 2.70 bits per heavy atom. The molecule has 122 valence electrons. The maximum absolute atomic E-state index is 11.8. The van der Waals surface area contributed by atoms with E-state index < -0.39 is 0 Å². The molecule has 2 aromatic carbocycles. The molecule has 1 amide bonds. The number of benzene rings is 2. The van der Waals surface area contributed by atoms with Crippen molar-refractivity contribution in [2.75, 3.05) is 13.2 Å². The maximum atomic E-state index is 11.8. The Morgan fingerprint density at radius 2 is 1.96 bits per heavy atom. The summed E-state index contributed by atoms with van der Waals surface area (Å²) in [6, 6.07) is 12.4. The molecule has 0 saturated heterocycles. The third-order valence-electron chi connectivity index (χ3n) is 2.95. The van der Waals surface area contributed by atoms with Gasteiger partial charge in [-0.3, -0.25) is 4.79 Å². The summed E-state index contributed by atoms with van der Waals surface area (Å²) in [6.07, 6.45) is 0. The van der Waals surface area contributed by atoms with E-state index in [4.69, 9.17) is 32.7 Å². The monoisotopic (exact) mass is 353 g/mol. The van der Waals surface area contributed by atoms with Crippen LogP contribution in [0.25, 0.3) is 0 Å². The van der Waals surface area contributed by atoms with Gasteiger partial charge in [-0.15, -0.1) is 0 Å². The van der Waals surface area contributed by atoms with Gasteiger partial charge in [0, 0.05) is 11.6 Å². The average molecular weight is 354 g/mol. The van der Waals surface area contributed by atoms with Crippen molar-refractivity contribution in [1.82, 2.24) is 5.32 Å². The van der Waals surface area contributed by atoms with E-state index in [1.54, 1.807) is 18.2 Å². The Hall–Kier alpha value is -1.91. The fraction of sp³-hybridized carbons (Fsp3) is 0.235. The second kappa shape index (κ2) is 8.65. The smallest absolute Gasteiger partial charge is 0.258 e. The van der Waals surface area contributed by atoms with Gasteiger partial charge < -0.3 is 14.8 Å². The topological polar surface area (TPSA) is 47.6 Å². The normalized spacial score (nSPS) is 10.2. The van der Waals surface area contributed by atoms with Crippen LogP contribution in [-0.2, 0) is 11.3 Å². The lowest BCUT2D eigenvalue weighted by Crippen LogP contribution is -2.28. The number of amides is 1. The Kier molecular flexibility index (Phi) is 6.56. The van der Waals surface area contributed by atoms with Gasteiger partial charge in [0.1, 0.15) is 11.5 Å². The van der Waals surface area contributed by atoms with Crippen LogP contribution in [0.5, 0.6) is 11.5 Å². The minimum Gasteiger partial charge on any atom is -0.494 e. The molecule has 0 fully saturated rings. The molecule has 2 rings (SSSR count). The van der Waals surface area contributed by atoms with Crippen LogP contribution >= 0.6 is 23.2 Å². The molecule has 1 N–H and O–H groups in total. The van der Waals surface area contributed by atoms with Gasteiger partial charge in [-0.1, -0.05) is 35.3 Å².